The van der Waals surface area contributed by atoms with Gasteiger partial charge in [-0.3, -0.25) is 0 Å². The fraction of sp³-hybridized carbons (Fsp3) is 0.538. The van der Waals surface area contributed by atoms with Crippen molar-refractivity contribution in [2.75, 3.05) is 11.6 Å². The molecule has 0 spiro atoms. The zero-order chi connectivity index (χ0) is 26.0. The maximum absolute atomic E-state index is 13.5. The van der Waals surface area contributed by atoms with Gasteiger partial charge in [-0.15, -0.1) is 0 Å². The van der Waals surface area contributed by atoms with Crippen LogP contribution < -0.4 is 10.4 Å². The van der Waals surface area contributed by atoms with E-state index in [1.165, 1.54) is 10.4 Å². The standard InChI is InChI=1S/2C9H13O2PSi.2C4H9.Sn/c2*1-13(2,8-12(10)11)9-6-4-3-5-7-9;2*1-3-4-2;/h2*3-7H,8H2,1-2H3;2*1,3-4H2,2H3;/q;;;;+2. The summed E-state index contributed by atoms with van der Waals surface area (Å²) in [5, 5.41) is 2.58. The van der Waals surface area contributed by atoms with Crippen molar-refractivity contribution in [2.24, 2.45) is 0 Å². The minimum atomic E-state index is -3.83. The van der Waals surface area contributed by atoms with Crippen molar-refractivity contribution in [2.45, 2.75) is 74.6 Å². The van der Waals surface area contributed by atoms with Crippen LogP contribution in [0, 0.1) is 0 Å². The van der Waals surface area contributed by atoms with Crippen LogP contribution >= 0.6 is 16.1 Å². The van der Waals surface area contributed by atoms with Gasteiger partial charge in [-0.05, 0) is 0 Å². The first-order chi connectivity index (χ1) is 16.5. The summed E-state index contributed by atoms with van der Waals surface area (Å²) in [6.45, 7) is 13.3. The summed E-state index contributed by atoms with van der Waals surface area (Å²) >= 11 is -3.83. The second-order valence-corrected chi connectivity index (χ2v) is 34.9. The van der Waals surface area contributed by atoms with E-state index in [0.717, 1.165) is 34.6 Å². The van der Waals surface area contributed by atoms with Gasteiger partial charge in [-0.2, -0.15) is 0 Å². The van der Waals surface area contributed by atoms with Crippen molar-refractivity contribution in [1.82, 2.24) is 0 Å². The monoisotopic (exact) mass is 658 g/mol. The molecule has 0 aliphatic carbocycles. The van der Waals surface area contributed by atoms with Crippen LogP contribution in [0.1, 0.15) is 39.5 Å². The summed E-state index contributed by atoms with van der Waals surface area (Å²) in [5.41, 5.74) is 0. The molecule has 192 valence electrons. The van der Waals surface area contributed by atoms with Crippen molar-refractivity contribution in [1.29, 1.82) is 0 Å². The first kappa shape index (κ1) is 31.0. The third-order valence-electron chi connectivity index (χ3n) is 6.52. The van der Waals surface area contributed by atoms with Crippen molar-refractivity contribution < 1.29 is 14.9 Å². The van der Waals surface area contributed by atoms with Crippen molar-refractivity contribution in [3.63, 3.8) is 0 Å². The van der Waals surface area contributed by atoms with Gasteiger partial charge in [-0.1, -0.05) is 0 Å². The second kappa shape index (κ2) is 14.7. The van der Waals surface area contributed by atoms with Crippen molar-refractivity contribution >= 4 is 61.8 Å². The number of benzene rings is 2. The van der Waals surface area contributed by atoms with Crippen LogP contribution in [0.5, 0.6) is 0 Å². The molecular formula is C26H44O4P2Si2Sn+2. The van der Waals surface area contributed by atoms with E-state index in [-0.39, 0.29) is 0 Å². The van der Waals surface area contributed by atoms with Gasteiger partial charge >= 0.3 is 223 Å². The Morgan fingerprint density at radius 2 is 1.00 bits per heavy atom. The van der Waals surface area contributed by atoms with Gasteiger partial charge < -0.3 is 0 Å². The normalized spacial score (nSPS) is 13.5. The Kier molecular flexibility index (Phi) is 13.0. The SMILES string of the molecule is CCC[CH2][Sn]([CH2]CCC)([O][P+](=O)C[Si](C)(C)c1ccccc1)[O][P+](=O)C[Si](C)(C)c1ccccc1. The molecule has 0 N–H and O–H groups in total. The fourth-order valence-corrected chi connectivity index (χ4v) is 34.3. The molecule has 0 heterocycles. The van der Waals surface area contributed by atoms with E-state index >= 15 is 0 Å². The number of hydrogen-bond donors (Lipinski definition) is 0. The Hall–Kier alpha value is -0.208. The van der Waals surface area contributed by atoms with E-state index in [1.807, 2.05) is 12.1 Å². The minimum absolute atomic E-state index is 0.577. The number of unbranched alkanes of at least 4 members (excludes halogenated alkanes) is 2. The molecule has 4 nitrogen and oxygen atoms in total. The molecule has 9 heteroatoms. The first-order valence-electron chi connectivity index (χ1n) is 12.9. The van der Waals surface area contributed by atoms with E-state index in [9.17, 15) is 9.13 Å². The third kappa shape index (κ3) is 10.2. The molecule has 0 saturated carbocycles. The predicted molar refractivity (Wildman–Crippen MR) is 159 cm³/mol. The van der Waals surface area contributed by atoms with Crippen molar-refractivity contribution in [3.05, 3.63) is 60.7 Å². The first-order valence-corrected chi connectivity index (χ1v) is 28.4. The van der Waals surface area contributed by atoms with Gasteiger partial charge in [0.25, 0.3) is 0 Å². The summed E-state index contributed by atoms with van der Waals surface area (Å²) in [6, 6.07) is 20.8. The Bertz CT molecular complexity index is 865. The van der Waals surface area contributed by atoms with E-state index in [4.69, 9.17) is 5.72 Å². The molecule has 35 heavy (non-hydrogen) atoms. The van der Waals surface area contributed by atoms with Gasteiger partial charge in [0.15, 0.2) is 0 Å². The topological polar surface area (TPSA) is 52.6 Å². The fourth-order valence-electron chi connectivity index (χ4n) is 4.26. The molecule has 2 rings (SSSR count). The van der Waals surface area contributed by atoms with E-state index in [2.05, 4.69) is 88.6 Å². The van der Waals surface area contributed by atoms with Crippen LogP contribution in [-0.4, -0.2) is 46.9 Å². The molecule has 0 radical (unpaired) electrons. The molecule has 2 aromatic rings. The quantitative estimate of drug-likeness (QED) is 0.136. The summed E-state index contributed by atoms with van der Waals surface area (Å²) in [6.07, 6.45) is 4.01. The summed E-state index contributed by atoms with van der Waals surface area (Å²) in [5.74, 6) is 1.15. The maximum atomic E-state index is 13.5. The Balaban J connectivity index is 2.22. The van der Waals surface area contributed by atoms with Gasteiger partial charge in [0.2, 0.25) is 0 Å². The van der Waals surface area contributed by atoms with Crippen LogP contribution in [0.2, 0.25) is 35.1 Å². The van der Waals surface area contributed by atoms with E-state index in [1.54, 1.807) is 0 Å². The van der Waals surface area contributed by atoms with Gasteiger partial charge in [0, 0.05) is 0 Å². The molecular weight excluding hydrogens is 613 g/mol. The van der Waals surface area contributed by atoms with Gasteiger partial charge in [0.05, 0.1) is 0 Å². The van der Waals surface area contributed by atoms with Crippen LogP contribution in [0.4, 0.5) is 0 Å². The van der Waals surface area contributed by atoms with Crippen LogP contribution in [-0.2, 0) is 14.9 Å². The summed E-state index contributed by atoms with van der Waals surface area (Å²) in [4.78, 5) is 0. The Labute approximate surface area is 222 Å². The van der Waals surface area contributed by atoms with Gasteiger partial charge in [-0.25, -0.2) is 0 Å². The molecule has 0 aliphatic rings. The zero-order valence-corrected chi connectivity index (χ0v) is 29.1. The molecule has 2 aromatic carbocycles. The predicted octanol–water partition coefficient (Wildman–Crippen LogP) is 7.86. The van der Waals surface area contributed by atoms with E-state index in [0.29, 0.717) is 11.6 Å². The molecule has 0 aliphatic heterocycles. The van der Waals surface area contributed by atoms with Crippen LogP contribution in [0.15, 0.2) is 60.7 Å². The van der Waals surface area contributed by atoms with Crippen LogP contribution in [0.25, 0.3) is 0 Å². The molecule has 2 atom stereocenters. The van der Waals surface area contributed by atoms with Gasteiger partial charge in [0.1, 0.15) is 0 Å². The average Bonchev–Trinajstić information content (AvgIpc) is 2.81. The zero-order valence-electron chi connectivity index (χ0n) is 22.5. The molecule has 0 amide bonds. The molecule has 0 aromatic heterocycles. The molecule has 0 saturated heterocycles. The molecule has 2 unspecified atom stereocenters. The number of rotatable bonds is 16. The average molecular weight is 657 g/mol. The van der Waals surface area contributed by atoms with Crippen LogP contribution in [0.3, 0.4) is 0 Å². The third-order valence-corrected chi connectivity index (χ3v) is 35.3. The Morgan fingerprint density at radius 3 is 1.31 bits per heavy atom. The molecule has 0 fully saturated rings. The van der Waals surface area contributed by atoms with E-state index < -0.39 is 51.4 Å². The van der Waals surface area contributed by atoms with Crippen molar-refractivity contribution in [3.8, 4) is 0 Å². The second-order valence-electron chi connectivity index (χ2n) is 10.8. The summed E-state index contributed by atoms with van der Waals surface area (Å²) in [7, 11) is -7.56. The number of hydrogen-bond acceptors (Lipinski definition) is 4. The summed E-state index contributed by atoms with van der Waals surface area (Å²) < 4.78 is 41.8. The molecule has 0 bridgehead atoms. The Morgan fingerprint density at radius 1 is 0.657 bits per heavy atom.